The molecular formula is C26H23ClF4N4O2S. The summed E-state index contributed by atoms with van der Waals surface area (Å²) in [5.74, 6) is -10.1. The van der Waals surface area contributed by atoms with Crippen molar-refractivity contribution in [2.75, 3.05) is 43.5 Å². The third-order valence-corrected chi connectivity index (χ3v) is 6.67. The van der Waals surface area contributed by atoms with E-state index in [1.165, 1.54) is 0 Å². The number of rotatable bonds is 6. The fourth-order valence-corrected chi connectivity index (χ4v) is 4.51. The molecule has 1 aliphatic rings. The standard InChI is InChI=1S/C26H23ClF4N4O2S/c1-37-24-22(30)20(28)19(21(29)23(24)31)25(36)33-26(38)32-16-6-8-17(9-7-16)35-12-10-34(11-13-35)14-15-4-2-3-5-18(15)27/h2-9H,10-14H2,1H3,(H2,32,33,36,38). The van der Waals surface area contributed by atoms with Crippen molar-refractivity contribution < 1.29 is 27.1 Å². The first-order valence-electron chi connectivity index (χ1n) is 11.5. The minimum Gasteiger partial charge on any atom is -0.491 e. The number of hydrogen-bond acceptors (Lipinski definition) is 5. The summed E-state index contributed by atoms with van der Waals surface area (Å²) in [6.07, 6.45) is 0. The number of benzene rings is 3. The van der Waals surface area contributed by atoms with Gasteiger partial charge in [0.05, 0.1) is 7.11 Å². The zero-order valence-corrected chi connectivity index (χ0v) is 21.7. The second kappa shape index (κ2) is 12.0. The van der Waals surface area contributed by atoms with Crippen LogP contribution in [0.5, 0.6) is 5.75 Å². The smallest absolute Gasteiger partial charge is 0.263 e. The van der Waals surface area contributed by atoms with Crippen LogP contribution in [-0.2, 0) is 6.54 Å². The van der Waals surface area contributed by atoms with Crippen LogP contribution in [0.4, 0.5) is 28.9 Å². The summed E-state index contributed by atoms with van der Waals surface area (Å²) in [7, 11) is 0.840. The average Bonchev–Trinajstić information content (AvgIpc) is 2.90. The summed E-state index contributed by atoms with van der Waals surface area (Å²) in [5, 5.41) is 5.17. The van der Waals surface area contributed by atoms with Crippen LogP contribution in [0.25, 0.3) is 0 Å². The molecule has 1 amide bonds. The molecule has 0 radical (unpaired) electrons. The largest absolute Gasteiger partial charge is 0.491 e. The molecule has 3 aromatic rings. The van der Waals surface area contributed by atoms with Gasteiger partial charge in [-0.1, -0.05) is 29.8 Å². The van der Waals surface area contributed by atoms with Gasteiger partial charge in [0.1, 0.15) is 5.56 Å². The summed E-state index contributed by atoms with van der Waals surface area (Å²) >= 11 is 11.3. The number of methoxy groups -OCH3 is 1. The molecule has 3 aromatic carbocycles. The predicted octanol–water partition coefficient (Wildman–Crippen LogP) is 5.35. The molecule has 0 aromatic heterocycles. The van der Waals surface area contributed by atoms with Crippen molar-refractivity contribution in [1.82, 2.24) is 10.2 Å². The monoisotopic (exact) mass is 566 g/mol. The molecule has 12 heteroatoms. The van der Waals surface area contributed by atoms with Crippen LogP contribution in [0.3, 0.4) is 0 Å². The summed E-state index contributed by atoms with van der Waals surface area (Å²) in [6.45, 7) is 4.14. The molecule has 0 saturated carbocycles. The summed E-state index contributed by atoms with van der Waals surface area (Å²) in [6, 6.07) is 15.0. The Balaban J connectivity index is 1.32. The number of ether oxygens (including phenoxy) is 1. The van der Waals surface area contributed by atoms with Crippen LogP contribution >= 0.6 is 23.8 Å². The first-order chi connectivity index (χ1) is 18.2. The van der Waals surface area contributed by atoms with Gasteiger partial charge >= 0.3 is 0 Å². The second-order valence-electron chi connectivity index (χ2n) is 8.47. The maximum absolute atomic E-state index is 14.2. The number of hydrogen-bond donors (Lipinski definition) is 2. The molecule has 1 saturated heterocycles. The lowest BCUT2D eigenvalue weighted by molar-refractivity contribution is 0.0966. The van der Waals surface area contributed by atoms with Crippen molar-refractivity contribution in [1.29, 1.82) is 0 Å². The third-order valence-electron chi connectivity index (χ3n) is 6.10. The summed E-state index contributed by atoms with van der Waals surface area (Å²) in [4.78, 5) is 16.9. The van der Waals surface area contributed by atoms with Crippen LogP contribution in [0.2, 0.25) is 5.02 Å². The lowest BCUT2D eigenvalue weighted by Crippen LogP contribution is -2.46. The highest BCUT2D eigenvalue weighted by Crippen LogP contribution is 2.30. The number of halogens is 5. The maximum Gasteiger partial charge on any atom is 0.263 e. The molecule has 0 spiro atoms. The van der Waals surface area contributed by atoms with E-state index < -0.39 is 40.5 Å². The fourth-order valence-electron chi connectivity index (χ4n) is 4.11. The Bertz CT molecular complexity index is 1320. The molecule has 6 nitrogen and oxygen atoms in total. The van der Waals surface area contributed by atoms with E-state index in [9.17, 15) is 22.4 Å². The van der Waals surface area contributed by atoms with E-state index in [1.807, 2.05) is 41.7 Å². The Morgan fingerprint density at radius 2 is 1.55 bits per heavy atom. The molecule has 2 N–H and O–H groups in total. The average molecular weight is 567 g/mol. The molecule has 0 bridgehead atoms. The van der Waals surface area contributed by atoms with Crippen molar-refractivity contribution in [2.24, 2.45) is 0 Å². The van der Waals surface area contributed by atoms with Crippen LogP contribution < -0.4 is 20.3 Å². The van der Waals surface area contributed by atoms with Gasteiger partial charge < -0.3 is 15.0 Å². The Kier molecular flexibility index (Phi) is 8.70. The van der Waals surface area contributed by atoms with Crippen molar-refractivity contribution in [3.05, 3.63) is 87.9 Å². The number of amides is 1. The molecule has 38 heavy (non-hydrogen) atoms. The van der Waals surface area contributed by atoms with Crippen LogP contribution in [0, 0.1) is 23.3 Å². The highest BCUT2D eigenvalue weighted by molar-refractivity contribution is 7.80. The topological polar surface area (TPSA) is 56.8 Å². The van der Waals surface area contributed by atoms with Crippen molar-refractivity contribution in [3.63, 3.8) is 0 Å². The quantitative estimate of drug-likeness (QED) is 0.238. The van der Waals surface area contributed by atoms with Crippen molar-refractivity contribution >= 4 is 46.2 Å². The van der Waals surface area contributed by atoms with Gasteiger partial charge in [-0.25, -0.2) is 8.78 Å². The highest BCUT2D eigenvalue weighted by atomic mass is 35.5. The maximum atomic E-state index is 14.2. The first kappa shape index (κ1) is 27.6. The molecule has 4 rings (SSSR count). The Morgan fingerprint density at radius 1 is 0.947 bits per heavy atom. The lowest BCUT2D eigenvalue weighted by atomic mass is 10.1. The normalized spacial score (nSPS) is 13.8. The van der Waals surface area contributed by atoms with Crippen LogP contribution in [0.1, 0.15) is 15.9 Å². The first-order valence-corrected chi connectivity index (χ1v) is 12.3. The minimum absolute atomic E-state index is 0.314. The molecule has 1 heterocycles. The van der Waals surface area contributed by atoms with E-state index in [2.05, 4.69) is 19.9 Å². The third kappa shape index (κ3) is 6.01. The summed E-state index contributed by atoms with van der Waals surface area (Å²) in [5.41, 5.74) is 1.11. The van der Waals surface area contributed by atoms with Gasteiger partial charge in [-0.2, -0.15) is 8.78 Å². The number of piperazine rings is 1. The fraction of sp³-hybridized carbons (Fsp3) is 0.231. The van der Waals surface area contributed by atoms with E-state index in [-0.39, 0.29) is 5.11 Å². The van der Waals surface area contributed by atoms with Crippen molar-refractivity contribution in [2.45, 2.75) is 6.54 Å². The van der Waals surface area contributed by atoms with E-state index >= 15 is 0 Å². The molecule has 0 unspecified atom stereocenters. The van der Waals surface area contributed by atoms with E-state index in [4.69, 9.17) is 23.8 Å². The molecule has 1 fully saturated rings. The van der Waals surface area contributed by atoms with Gasteiger partial charge in [0.2, 0.25) is 11.6 Å². The van der Waals surface area contributed by atoms with Gasteiger partial charge in [0, 0.05) is 49.1 Å². The van der Waals surface area contributed by atoms with Crippen LogP contribution in [0.15, 0.2) is 48.5 Å². The zero-order valence-electron chi connectivity index (χ0n) is 20.2. The van der Waals surface area contributed by atoms with Gasteiger partial charge in [0.15, 0.2) is 22.5 Å². The second-order valence-corrected chi connectivity index (χ2v) is 9.29. The molecular weight excluding hydrogens is 544 g/mol. The number of carbonyl (C=O) groups excluding carboxylic acids is 1. The van der Waals surface area contributed by atoms with Crippen molar-refractivity contribution in [3.8, 4) is 5.75 Å². The molecule has 1 aliphatic heterocycles. The number of anilines is 2. The van der Waals surface area contributed by atoms with E-state index in [0.29, 0.717) is 5.69 Å². The van der Waals surface area contributed by atoms with Gasteiger partial charge in [0.25, 0.3) is 5.91 Å². The van der Waals surface area contributed by atoms with E-state index in [1.54, 1.807) is 12.1 Å². The SMILES string of the molecule is COc1c(F)c(F)c(C(=O)NC(=S)Nc2ccc(N3CCN(Cc4ccccc4Cl)CC3)cc2)c(F)c1F. The molecule has 200 valence electrons. The van der Waals surface area contributed by atoms with Crippen LogP contribution in [-0.4, -0.2) is 49.2 Å². The van der Waals surface area contributed by atoms with Gasteiger partial charge in [-0.3, -0.25) is 15.0 Å². The van der Waals surface area contributed by atoms with Gasteiger partial charge in [-0.05, 0) is 48.1 Å². The zero-order chi connectivity index (χ0) is 27.4. The Hall–Kier alpha value is -3.41. The molecule has 0 aliphatic carbocycles. The number of thiocarbonyl (C=S) groups is 1. The number of carbonyl (C=O) groups is 1. The minimum atomic E-state index is -1.89. The predicted molar refractivity (Wildman–Crippen MR) is 142 cm³/mol. The Labute approximate surface area is 227 Å². The number of nitrogens with one attached hydrogen (secondary N) is 2. The highest BCUT2D eigenvalue weighted by Gasteiger charge is 2.30. The van der Waals surface area contributed by atoms with Gasteiger partial charge in [-0.15, -0.1) is 0 Å². The summed E-state index contributed by atoms with van der Waals surface area (Å²) < 4.78 is 60.5. The lowest BCUT2D eigenvalue weighted by Gasteiger charge is -2.36. The van der Waals surface area contributed by atoms with E-state index in [0.717, 1.165) is 56.1 Å². The molecule has 0 atom stereocenters. The number of nitrogens with zero attached hydrogens (tertiary/aromatic N) is 2. The Morgan fingerprint density at radius 3 is 2.13 bits per heavy atom.